The van der Waals surface area contributed by atoms with Crippen LogP contribution in [0.15, 0.2) is 42.5 Å². The number of hydrogen-bond donors (Lipinski definition) is 2. The van der Waals surface area contributed by atoms with Crippen LogP contribution in [0.1, 0.15) is 35.3 Å². The molecule has 2 N–H and O–H groups in total. The first-order valence-electron chi connectivity index (χ1n) is 8.21. The van der Waals surface area contributed by atoms with Gasteiger partial charge in [0.2, 0.25) is 5.91 Å². The van der Waals surface area contributed by atoms with E-state index in [1.165, 1.54) is 6.07 Å². The highest BCUT2D eigenvalue weighted by molar-refractivity contribution is 6.07. The predicted octanol–water partition coefficient (Wildman–Crippen LogP) is 3.22. The molecule has 0 bridgehead atoms. The molecule has 0 heterocycles. The summed E-state index contributed by atoms with van der Waals surface area (Å²) < 4.78 is 0. The van der Waals surface area contributed by atoms with Gasteiger partial charge in [-0.15, -0.1) is 0 Å². The molecule has 0 spiro atoms. The van der Waals surface area contributed by atoms with Crippen molar-refractivity contribution in [2.24, 2.45) is 0 Å². The standard InChI is InChI=1S/C19H21N3O4/c1-12(2)20-17(23)11-14-7-9-15(10-8-14)21-19(24)16-6-4-5-13(3)18(16)22(25)26/h4-10,12H,11H2,1-3H3,(H,20,23)(H,21,24). The van der Waals surface area contributed by atoms with Gasteiger partial charge >= 0.3 is 0 Å². The summed E-state index contributed by atoms with van der Waals surface area (Å²) in [7, 11) is 0. The second-order valence-corrected chi connectivity index (χ2v) is 6.28. The Morgan fingerprint density at radius 1 is 1.12 bits per heavy atom. The molecule has 0 saturated carbocycles. The van der Waals surface area contributed by atoms with Crippen LogP contribution < -0.4 is 10.6 Å². The van der Waals surface area contributed by atoms with Crippen LogP contribution in [0.3, 0.4) is 0 Å². The summed E-state index contributed by atoms with van der Waals surface area (Å²) in [5.74, 6) is -0.627. The van der Waals surface area contributed by atoms with Crippen LogP contribution in [0.2, 0.25) is 0 Å². The van der Waals surface area contributed by atoms with E-state index in [1.807, 2.05) is 13.8 Å². The van der Waals surface area contributed by atoms with Gasteiger partial charge in [0.15, 0.2) is 0 Å². The zero-order valence-corrected chi connectivity index (χ0v) is 14.9. The van der Waals surface area contributed by atoms with Gasteiger partial charge in [0, 0.05) is 17.3 Å². The maximum atomic E-state index is 12.4. The monoisotopic (exact) mass is 355 g/mol. The second-order valence-electron chi connectivity index (χ2n) is 6.28. The van der Waals surface area contributed by atoms with E-state index in [4.69, 9.17) is 0 Å². The fourth-order valence-electron chi connectivity index (χ4n) is 2.55. The van der Waals surface area contributed by atoms with Crippen LogP contribution in [0.4, 0.5) is 11.4 Å². The van der Waals surface area contributed by atoms with Gasteiger partial charge in [-0.25, -0.2) is 0 Å². The van der Waals surface area contributed by atoms with E-state index in [2.05, 4.69) is 10.6 Å². The van der Waals surface area contributed by atoms with Crippen molar-refractivity contribution in [1.82, 2.24) is 5.32 Å². The molecule has 0 aliphatic carbocycles. The van der Waals surface area contributed by atoms with Crippen molar-refractivity contribution >= 4 is 23.2 Å². The van der Waals surface area contributed by atoms with Crippen LogP contribution in [-0.4, -0.2) is 22.8 Å². The van der Waals surface area contributed by atoms with E-state index in [9.17, 15) is 19.7 Å². The Labute approximate surface area is 151 Å². The van der Waals surface area contributed by atoms with Gasteiger partial charge in [-0.2, -0.15) is 0 Å². The Kier molecular flexibility index (Phi) is 6.06. The minimum Gasteiger partial charge on any atom is -0.354 e. The van der Waals surface area contributed by atoms with Crippen LogP contribution in [-0.2, 0) is 11.2 Å². The molecular weight excluding hydrogens is 334 g/mol. The first-order valence-corrected chi connectivity index (χ1v) is 8.21. The summed E-state index contributed by atoms with van der Waals surface area (Å²) in [6, 6.07) is 11.5. The van der Waals surface area contributed by atoms with Crippen molar-refractivity contribution in [3.05, 3.63) is 69.3 Å². The van der Waals surface area contributed by atoms with Crippen molar-refractivity contribution in [1.29, 1.82) is 0 Å². The Morgan fingerprint density at radius 3 is 2.35 bits per heavy atom. The lowest BCUT2D eigenvalue weighted by molar-refractivity contribution is -0.385. The molecule has 0 saturated heterocycles. The lowest BCUT2D eigenvalue weighted by Crippen LogP contribution is -2.31. The van der Waals surface area contributed by atoms with Gasteiger partial charge in [-0.05, 0) is 44.5 Å². The van der Waals surface area contributed by atoms with Gasteiger partial charge in [0.05, 0.1) is 11.3 Å². The van der Waals surface area contributed by atoms with E-state index in [1.54, 1.807) is 43.3 Å². The number of carbonyl (C=O) groups is 2. The smallest absolute Gasteiger partial charge is 0.285 e. The topological polar surface area (TPSA) is 101 Å². The van der Waals surface area contributed by atoms with E-state index in [-0.39, 0.29) is 29.6 Å². The highest BCUT2D eigenvalue weighted by Gasteiger charge is 2.22. The molecular formula is C19H21N3O4. The number of nitrogens with one attached hydrogen (secondary N) is 2. The minimum absolute atomic E-state index is 0.00962. The number of nitro benzene ring substituents is 1. The largest absolute Gasteiger partial charge is 0.354 e. The Hall–Kier alpha value is -3.22. The molecule has 2 aromatic carbocycles. The van der Waals surface area contributed by atoms with E-state index < -0.39 is 10.8 Å². The summed E-state index contributed by atoms with van der Waals surface area (Å²) in [5, 5.41) is 16.7. The first kappa shape index (κ1) is 19.1. The Morgan fingerprint density at radius 2 is 1.77 bits per heavy atom. The maximum Gasteiger partial charge on any atom is 0.285 e. The Balaban J connectivity index is 2.10. The third-order valence-corrected chi connectivity index (χ3v) is 3.69. The molecule has 0 atom stereocenters. The number of benzene rings is 2. The van der Waals surface area contributed by atoms with Gasteiger partial charge in [-0.3, -0.25) is 19.7 Å². The molecule has 7 nitrogen and oxygen atoms in total. The summed E-state index contributed by atoms with van der Waals surface area (Å²) >= 11 is 0. The number of aryl methyl sites for hydroxylation is 1. The van der Waals surface area contributed by atoms with Crippen LogP contribution in [0, 0.1) is 17.0 Å². The van der Waals surface area contributed by atoms with Gasteiger partial charge < -0.3 is 10.6 Å². The number of hydrogen-bond acceptors (Lipinski definition) is 4. The molecule has 26 heavy (non-hydrogen) atoms. The highest BCUT2D eigenvalue weighted by atomic mass is 16.6. The van der Waals surface area contributed by atoms with Crippen LogP contribution >= 0.6 is 0 Å². The number of amides is 2. The number of carbonyl (C=O) groups excluding carboxylic acids is 2. The average Bonchev–Trinajstić information content (AvgIpc) is 2.55. The fraction of sp³-hybridized carbons (Fsp3) is 0.263. The Bertz CT molecular complexity index is 829. The van der Waals surface area contributed by atoms with Gasteiger partial charge in [0.25, 0.3) is 11.6 Å². The van der Waals surface area contributed by atoms with Crippen molar-refractivity contribution in [3.63, 3.8) is 0 Å². The lowest BCUT2D eigenvalue weighted by atomic mass is 10.1. The molecule has 0 aliphatic heterocycles. The normalized spacial score (nSPS) is 10.5. The highest BCUT2D eigenvalue weighted by Crippen LogP contribution is 2.24. The number of nitro groups is 1. The molecule has 2 amide bonds. The van der Waals surface area contributed by atoms with Crippen molar-refractivity contribution < 1.29 is 14.5 Å². The maximum absolute atomic E-state index is 12.4. The van der Waals surface area contributed by atoms with Crippen LogP contribution in [0.5, 0.6) is 0 Å². The van der Waals surface area contributed by atoms with Crippen LogP contribution in [0.25, 0.3) is 0 Å². The van der Waals surface area contributed by atoms with Crippen molar-refractivity contribution in [2.45, 2.75) is 33.2 Å². The zero-order chi connectivity index (χ0) is 19.3. The number of anilines is 1. The zero-order valence-electron chi connectivity index (χ0n) is 14.9. The quantitative estimate of drug-likeness (QED) is 0.613. The molecule has 136 valence electrons. The molecule has 0 unspecified atom stereocenters. The first-order chi connectivity index (χ1) is 12.3. The third-order valence-electron chi connectivity index (χ3n) is 3.69. The average molecular weight is 355 g/mol. The lowest BCUT2D eigenvalue weighted by Gasteiger charge is -2.10. The molecule has 0 aliphatic rings. The van der Waals surface area contributed by atoms with Gasteiger partial charge in [-0.1, -0.05) is 24.3 Å². The minimum atomic E-state index is -0.555. The molecule has 7 heteroatoms. The summed E-state index contributed by atoms with van der Waals surface area (Å²) in [6.45, 7) is 5.37. The van der Waals surface area contributed by atoms with Crippen molar-refractivity contribution in [2.75, 3.05) is 5.32 Å². The van der Waals surface area contributed by atoms with E-state index >= 15 is 0 Å². The fourth-order valence-corrected chi connectivity index (χ4v) is 2.55. The summed E-state index contributed by atoms with van der Waals surface area (Å²) in [4.78, 5) is 34.8. The number of para-hydroxylation sites is 1. The van der Waals surface area contributed by atoms with E-state index in [0.717, 1.165) is 5.56 Å². The molecule has 0 aromatic heterocycles. The molecule has 0 radical (unpaired) electrons. The molecule has 2 rings (SSSR count). The summed E-state index contributed by atoms with van der Waals surface area (Å²) in [6.07, 6.45) is 0.246. The SMILES string of the molecule is Cc1cccc(C(=O)Nc2ccc(CC(=O)NC(C)C)cc2)c1[N+](=O)[O-]. The third kappa shape index (κ3) is 4.89. The van der Waals surface area contributed by atoms with E-state index in [0.29, 0.717) is 11.3 Å². The second kappa shape index (κ2) is 8.24. The predicted molar refractivity (Wildman–Crippen MR) is 99.2 cm³/mol. The molecule has 2 aromatic rings. The number of nitrogens with zero attached hydrogens (tertiary/aromatic N) is 1. The number of rotatable bonds is 6. The molecule has 0 fully saturated rings. The van der Waals surface area contributed by atoms with Crippen molar-refractivity contribution in [3.8, 4) is 0 Å². The summed E-state index contributed by atoms with van der Waals surface area (Å²) in [5.41, 5.74) is 1.54. The van der Waals surface area contributed by atoms with Gasteiger partial charge in [0.1, 0.15) is 5.56 Å².